The summed E-state index contributed by atoms with van der Waals surface area (Å²) in [5, 5.41) is 16.3. The summed E-state index contributed by atoms with van der Waals surface area (Å²) >= 11 is 0. The van der Waals surface area contributed by atoms with E-state index in [-0.39, 0.29) is 11.6 Å². The predicted molar refractivity (Wildman–Crippen MR) is 143 cm³/mol. The van der Waals surface area contributed by atoms with Gasteiger partial charge in [0.25, 0.3) is 11.6 Å². The number of piperidine rings is 1. The van der Waals surface area contributed by atoms with Gasteiger partial charge in [0.15, 0.2) is 0 Å². The van der Waals surface area contributed by atoms with Gasteiger partial charge in [0.1, 0.15) is 0 Å². The molecule has 36 heavy (non-hydrogen) atoms. The van der Waals surface area contributed by atoms with Gasteiger partial charge in [-0.1, -0.05) is 48.9 Å². The van der Waals surface area contributed by atoms with Crippen LogP contribution in [0, 0.1) is 10.1 Å². The summed E-state index contributed by atoms with van der Waals surface area (Å²) in [7, 11) is 0. The number of nitro benzene ring substituents is 1. The maximum Gasteiger partial charge on any atom is 0.269 e. The molecule has 0 aromatic heterocycles. The van der Waals surface area contributed by atoms with E-state index in [4.69, 9.17) is 0 Å². The summed E-state index contributed by atoms with van der Waals surface area (Å²) in [6, 6.07) is 26.6. The van der Waals surface area contributed by atoms with Crippen molar-refractivity contribution < 1.29 is 9.72 Å². The lowest BCUT2D eigenvalue weighted by Crippen LogP contribution is -2.29. The van der Waals surface area contributed by atoms with Crippen LogP contribution < -0.4 is 5.32 Å². The highest BCUT2D eigenvalue weighted by molar-refractivity contribution is 5.95. The number of carbonyl (C=O) groups is 1. The first-order chi connectivity index (χ1) is 17.6. The van der Waals surface area contributed by atoms with Gasteiger partial charge in [-0.15, -0.1) is 0 Å². The molecule has 0 aliphatic carbocycles. The lowest BCUT2D eigenvalue weighted by molar-refractivity contribution is -0.384. The number of hydrogen-bond donors (Lipinski definition) is 1. The van der Waals surface area contributed by atoms with Crippen molar-refractivity contribution >= 4 is 22.4 Å². The molecule has 0 unspecified atom stereocenters. The van der Waals surface area contributed by atoms with Gasteiger partial charge in [-0.25, -0.2) is 0 Å². The highest BCUT2D eigenvalue weighted by atomic mass is 16.6. The number of fused-ring (bicyclic) bond motifs is 1. The van der Waals surface area contributed by atoms with E-state index < -0.39 is 4.92 Å². The zero-order valence-electron chi connectivity index (χ0n) is 20.2. The lowest BCUT2D eigenvalue weighted by Gasteiger charge is -2.26. The van der Waals surface area contributed by atoms with Crippen molar-refractivity contribution in [2.75, 3.05) is 13.1 Å². The van der Waals surface area contributed by atoms with Crippen LogP contribution >= 0.6 is 0 Å². The maximum atomic E-state index is 12.8. The van der Waals surface area contributed by atoms with Crippen LogP contribution in [0.4, 0.5) is 5.69 Å². The van der Waals surface area contributed by atoms with Crippen LogP contribution in [0.1, 0.15) is 40.7 Å². The van der Waals surface area contributed by atoms with Crippen molar-refractivity contribution in [3.05, 3.63) is 112 Å². The number of rotatable bonds is 7. The largest absolute Gasteiger partial charge is 0.348 e. The van der Waals surface area contributed by atoms with Crippen LogP contribution in [0.15, 0.2) is 84.9 Å². The summed E-state index contributed by atoms with van der Waals surface area (Å²) in [6.45, 7) is 3.80. The van der Waals surface area contributed by atoms with Crippen LogP contribution in [0.5, 0.6) is 0 Å². The zero-order valence-corrected chi connectivity index (χ0v) is 20.2. The summed E-state index contributed by atoms with van der Waals surface area (Å²) in [4.78, 5) is 25.8. The lowest BCUT2D eigenvalue weighted by atomic mass is 10.0. The van der Waals surface area contributed by atoms with Crippen LogP contribution in [-0.4, -0.2) is 28.8 Å². The third-order valence-corrected chi connectivity index (χ3v) is 6.89. The fourth-order valence-electron chi connectivity index (χ4n) is 4.90. The Kier molecular flexibility index (Phi) is 7.05. The number of carbonyl (C=O) groups excluding carboxylic acids is 1. The molecule has 4 aromatic carbocycles. The third kappa shape index (κ3) is 5.44. The first-order valence-electron chi connectivity index (χ1n) is 12.4. The Bertz CT molecular complexity index is 1380. The second-order valence-corrected chi connectivity index (χ2v) is 9.37. The molecule has 1 amide bonds. The van der Waals surface area contributed by atoms with Crippen molar-refractivity contribution in [1.29, 1.82) is 0 Å². The number of nitrogens with one attached hydrogen (secondary N) is 1. The van der Waals surface area contributed by atoms with E-state index >= 15 is 0 Å². The summed E-state index contributed by atoms with van der Waals surface area (Å²) in [6.07, 6.45) is 3.92. The van der Waals surface area contributed by atoms with Gasteiger partial charge in [0.2, 0.25) is 0 Å². The second-order valence-electron chi connectivity index (χ2n) is 9.37. The molecule has 5 rings (SSSR count). The first kappa shape index (κ1) is 23.7. The van der Waals surface area contributed by atoms with Crippen LogP contribution in [0.3, 0.4) is 0 Å². The van der Waals surface area contributed by atoms with E-state index in [0.29, 0.717) is 12.1 Å². The molecule has 1 saturated heterocycles. The van der Waals surface area contributed by atoms with Crippen LogP contribution in [0.25, 0.3) is 21.9 Å². The van der Waals surface area contributed by atoms with E-state index in [1.54, 1.807) is 24.3 Å². The fourth-order valence-corrected chi connectivity index (χ4v) is 4.90. The van der Waals surface area contributed by atoms with E-state index in [0.717, 1.165) is 28.6 Å². The van der Waals surface area contributed by atoms with Crippen molar-refractivity contribution in [2.45, 2.75) is 32.4 Å². The molecule has 4 aromatic rings. The minimum absolute atomic E-state index is 0.0569. The standard InChI is InChI=1S/C30H29N3O3/c34-30(25-10-8-23(9-11-25)24-12-14-28(15-13-24)33(35)36)31-20-27-6-4-5-26-19-22(7-16-29(26)27)21-32-17-2-1-3-18-32/h4-16,19H,1-3,17-18,20-21H2,(H,31,34). The number of nitrogens with zero attached hydrogens (tertiary/aromatic N) is 2. The smallest absolute Gasteiger partial charge is 0.269 e. The van der Waals surface area contributed by atoms with Crippen molar-refractivity contribution in [3.8, 4) is 11.1 Å². The van der Waals surface area contributed by atoms with Crippen molar-refractivity contribution in [2.24, 2.45) is 0 Å². The molecule has 1 N–H and O–H groups in total. The van der Waals surface area contributed by atoms with Crippen LogP contribution in [0.2, 0.25) is 0 Å². The van der Waals surface area contributed by atoms with Gasteiger partial charge in [0.05, 0.1) is 4.92 Å². The molecule has 0 spiro atoms. The summed E-state index contributed by atoms with van der Waals surface area (Å²) < 4.78 is 0. The molecule has 1 aliphatic rings. The van der Waals surface area contributed by atoms with E-state index in [1.807, 2.05) is 18.2 Å². The molecule has 6 heteroatoms. The molecule has 0 bridgehead atoms. The summed E-state index contributed by atoms with van der Waals surface area (Å²) in [5.41, 5.74) is 4.82. The molecule has 1 aliphatic heterocycles. The van der Waals surface area contributed by atoms with Crippen molar-refractivity contribution in [1.82, 2.24) is 10.2 Å². The third-order valence-electron chi connectivity index (χ3n) is 6.89. The molecular weight excluding hydrogens is 450 g/mol. The second kappa shape index (κ2) is 10.7. The van der Waals surface area contributed by atoms with E-state index in [2.05, 4.69) is 40.5 Å². The van der Waals surface area contributed by atoms with Gasteiger partial charge < -0.3 is 5.32 Å². The van der Waals surface area contributed by atoms with Crippen molar-refractivity contribution in [3.63, 3.8) is 0 Å². The maximum absolute atomic E-state index is 12.8. The Morgan fingerprint density at radius 3 is 2.25 bits per heavy atom. The predicted octanol–water partition coefficient (Wildman–Crippen LogP) is 6.33. The molecular formula is C30H29N3O3. The van der Waals surface area contributed by atoms with Gasteiger partial charge in [-0.05, 0) is 89.3 Å². The van der Waals surface area contributed by atoms with E-state index in [1.165, 1.54) is 55.4 Å². The number of nitro groups is 1. The average Bonchev–Trinajstić information content (AvgIpc) is 2.92. The number of likely N-dealkylation sites (tertiary alicyclic amines) is 1. The molecule has 1 fully saturated rings. The van der Waals surface area contributed by atoms with Gasteiger partial charge in [-0.3, -0.25) is 19.8 Å². The highest BCUT2D eigenvalue weighted by Crippen LogP contribution is 2.24. The monoisotopic (exact) mass is 479 g/mol. The minimum Gasteiger partial charge on any atom is -0.348 e. The number of hydrogen-bond acceptors (Lipinski definition) is 4. The molecule has 182 valence electrons. The molecule has 0 radical (unpaired) electrons. The summed E-state index contributed by atoms with van der Waals surface area (Å²) in [5.74, 6) is -0.135. The Hall–Kier alpha value is -4.03. The average molecular weight is 480 g/mol. The fraction of sp³-hybridized carbons (Fsp3) is 0.233. The molecule has 0 saturated carbocycles. The molecule has 0 atom stereocenters. The Labute approximate surface area is 210 Å². The normalized spacial score (nSPS) is 14.0. The van der Waals surface area contributed by atoms with Crippen LogP contribution in [-0.2, 0) is 13.1 Å². The first-order valence-corrected chi connectivity index (χ1v) is 12.4. The molecule has 1 heterocycles. The Morgan fingerprint density at radius 2 is 1.56 bits per heavy atom. The zero-order chi connectivity index (χ0) is 24.9. The quantitative estimate of drug-likeness (QED) is 0.248. The Balaban J connectivity index is 1.23. The highest BCUT2D eigenvalue weighted by Gasteiger charge is 2.12. The Morgan fingerprint density at radius 1 is 0.861 bits per heavy atom. The molecule has 6 nitrogen and oxygen atoms in total. The number of benzene rings is 4. The van der Waals surface area contributed by atoms with Gasteiger partial charge in [-0.2, -0.15) is 0 Å². The van der Waals surface area contributed by atoms with Gasteiger partial charge in [0, 0.05) is 30.8 Å². The minimum atomic E-state index is -0.415. The SMILES string of the molecule is O=C(NCc1cccc2cc(CN3CCCCC3)ccc12)c1ccc(-c2ccc([N+](=O)[O-])cc2)cc1. The topological polar surface area (TPSA) is 75.5 Å². The number of amides is 1. The number of non-ortho nitro benzene ring substituents is 1. The van der Waals surface area contributed by atoms with E-state index in [9.17, 15) is 14.9 Å². The van der Waals surface area contributed by atoms with Gasteiger partial charge >= 0.3 is 0 Å².